The molecule has 0 spiro atoms. The number of thiazole rings is 1. The molecule has 7 heteroatoms. The van der Waals surface area contributed by atoms with Crippen LogP contribution in [0.5, 0.6) is 5.75 Å². The van der Waals surface area contributed by atoms with E-state index in [4.69, 9.17) is 14.5 Å². The lowest BCUT2D eigenvalue weighted by Gasteiger charge is -2.29. The number of unbranched alkanes of at least 4 members (excludes halogenated alkanes) is 1. The summed E-state index contributed by atoms with van der Waals surface area (Å²) in [5.41, 5.74) is 1.54. The van der Waals surface area contributed by atoms with Crippen molar-refractivity contribution in [1.82, 2.24) is 9.88 Å². The molecule has 31 heavy (non-hydrogen) atoms. The van der Waals surface area contributed by atoms with Gasteiger partial charge >= 0.3 is 0 Å². The maximum Gasteiger partial charge on any atom is 0.260 e. The van der Waals surface area contributed by atoms with E-state index in [0.717, 1.165) is 66.8 Å². The normalized spacial score (nSPS) is 14.6. The van der Waals surface area contributed by atoms with Crippen molar-refractivity contribution in [1.29, 1.82) is 0 Å². The Labute approximate surface area is 187 Å². The Kier molecular flexibility index (Phi) is 7.51. The molecule has 0 radical (unpaired) electrons. The molecule has 2 aromatic carbocycles. The van der Waals surface area contributed by atoms with Gasteiger partial charge in [-0.05, 0) is 36.8 Å². The summed E-state index contributed by atoms with van der Waals surface area (Å²) in [4.78, 5) is 22.5. The molecule has 4 rings (SSSR count). The first-order valence-electron chi connectivity index (χ1n) is 10.9. The van der Waals surface area contributed by atoms with E-state index < -0.39 is 0 Å². The Morgan fingerprint density at radius 2 is 2.03 bits per heavy atom. The molecule has 6 nitrogen and oxygen atoms in total. The molecular weight excluding hydrogens is 410 g/mol. The number of hydrogen-bond acceptors (Lipinski definition) is 6. The zero-order chi connectivity index (χ0) is 21.5. The largest absolute Gasteiger partial charge is 0.494 e. The third kappa shape index (κ3) is 5.61. The number of aromatic nitrogens is 1. The maximum absolute atomic E-state index is 13.6. The Morgan fingerprint density at radius 1 is 1.19 bits per heavy atom. The number of ether oxygens (including phenoxy) is 2. The molecule has 0 unspecified atom stereocenters. The number of amides is 1. The quantitative estimate of drug-likeness (QED) is 0.461. The highest BCUT2D eigenvalue weighted by Crippen LogP contribution is 2.30. The van der Waals surface area contributed by atoms with Crippen LogP contribution >= 0.6 is 11.3 Å². The van der Waals surface area contributed by atoms with Crippen LogP contribution in [0.4, 0.5) is 5.13 Å². The number of anilines is 1. The summed E-state index contributed by atoms with van der Waals surface area (Å²) in [7, 11) is 0. The summed E-state index contributed by atoms with van der Waals surface area (Å²) in [5, 5.41) is 0.733. The van der Waals surface area contributed by atoms with Crippen LogP contribution in [0.15, 0.2) is 48.5 Å². The van der Waals surface area contributed by atoms with Crippen molar-refractivity contribution in [2.75, 3.05) is 50.9 Å². The van der Waals surface area contributed by atoms with Gasteiger partial charge in [-0.25, -0.2) is 4.98 Å². The Morgan fingerprint density at radius 3 is 2.84 bits per heavy atom. The topological polar surface area (TPSA) is 54.9 Å². The fraction of sp³-hybridized carbons (Fsp3) is 0.417. The highest BCUT2D eigenvalue weighted by atomic mass is 32.1. The molecule has 0 bridgehead atoms. The predicted octanol–water partition coefficient (Wildman–Crippen LogP) is 4.45. The van der Waals surface area contributed by atoms with Crippen LogP contribution in [0.2, 0.25) is 0 Å². The number of nitrogens with zero attached hydrogens (tertiary/aromatic N) is 3. The van der Waals surface area contributed by atoms with Gasteiger partial charge in [0.2, 0.25) is 0 Å². The minimum absolute atomic E-state index is 0.0479. The van der Waals surface area contributed by atoms with E-state index in [0.29, 0.717) is 18.7 Å². The fourth-order valence-corrected chi connectivity index (χ4v) is 4.52. The molecule has 0 saturated carbocycles. The van der Waals surface area contributed by atoms with Crippen molar-refractivity contribution < 1.29 is 14.3 Å². The van der Waals surface area contributed by atoms with Gasteiger partial charge in [0, 0.05) is 31.7 Å². The van der Waals surface area contributed by atoms with E-state index in [1.165, 1.54) is 0 Å². The molecule has 3 aromatic rings. The van der Waals surface area contributed by atoms with Crippen LogP contribution in [0.3, 0.4) is 0 Å². The van der Waals surface area contributed by atoms with Crippen molar-refractivity contribution in [3.8, 4) is 5.75 Å². The van der Waals surface area contributed by atoms with Crippen LogP contribution in [0, 0.1) is 0 Å². The molecule has 1 aliphatic rings. The molecule has 1 fully saturated rings. The minimum atomic E-state index is -0.0479. The average molecular weight is 440 g/mol. The second-order valence-electron chi connectivity index (χ2n) is 7.60. The first-order chi connectivity index (χ1) is 15.2. The van der Waals surface area contributed by atoms with Gasteiger partial charge in [-0.2, -0.15) is 0 Å². The lowest BCUT2D eigenvalue weighted by atomic mass is 10.2. The zero-order valence-corrected chi connectivity index (χ0v) is 18.8. The molecule has 0 atom stereocenters. The first-order valence-corrected chi connectivity index (χ1v) is 11.8. The smallest absolute Gasteiger partial charge is 0.260 e. The van der Waals surface area contributed by atoms with E-state index in [9.17, 15) is 4.79 Å². The van der Waals surface area contributed by atoms with Gasteiger partial charge in [-0.15, -0.1) is 0 Å². The molecule has 1 amide bonds. The van der Waals surface area contributed by atoms with E-state index >= 15 is 0 Å². The highest BCUT2D eigenvalue weighted by molar-refractivity contribution is 7.22. The lowest BCUT2D eigenvalue weighted by Crippen LogP contribution is -2.43. The van der Waals surface area contributed by atoms with Gasteiger partial charge in [0.1, 0.15) is 5.75 Å². The number of hydrogen-bond donors (Lipinski definition) is 0. The van der Waals surface area contributed by atoms with Gasteiger partial charge < -0.3 is 9.47 Å². The number of carbonyl (C=O) groups is 1. The first kappa shape index (κ1) is 21.7. The van der Waals surface area contributed by atoms with Crippen LogP contribution in [-0.2, 0) is 4.74 Å². The van der Waals surface area contributed by atoms with E-state index in [1.807, 2.05) is 53.4 Å². The summed E-state index contributed by atoms with van der Waals surface area (Å²) < 4.78 is 12.4. The second-order valence-corrected chi connectivity index (χ2v) is 8.61. The van der Waals surface area contributed by atoms with Crippen molar-refractivity contribution in [3.63, 3.8) is 0 Å². The van der Waals surface area contributed by atoms with Crippen molar-refractivity contribution >= 4 is 32.6 Å². The van der Waals surface area contributed by atoms with Crippen LogP contribution in [0.1, 0.15) is 30.1 Å². The standard InChI is InChI=1S/C24H29N3O3S/c1-2-3-15-30-20-8-6-7-19(18-20)23(28)27(12-11-26-13-16-29-17-14-26)24-25-21-9-4-5-10-22(21)31-24/h4-10,18H,2-3,11-17H2,1H3. The van der Waals surface area contributed by atoms with E-state index in [1.54, 1.807) is 11.3 Å². The zero-order valence-electron chi connectivity index (χ0n) is 18.0. The maximum atomic E-state index is 13.6. The highest BCUT2D eigenvalue weighted by Gasteiger charge is 2.23. The Bertz CT molecular complexity index is 967. The van der Waals surface area contributed by atoms with Gasteiger partial charge in [-0.3, -0.25) is 14.6 Å². The van der Waals surface area contributed by atoms with Crippen LogP contribution < -0.4 is 9.64 Å². The van der Waals surface area contributed by atoms with Gasteiger partial charge in [0.15, 0.2) is 5.13 Å². The number of morpholine rings is 1. The molecule has 2 heterocycles. The van der Waals surface area contributed by atoms with Crippen LogP contribution in [0.25, 0.3) is 10.2 Å². The average Bonchev–Trinajstić information content (AvgIpc) is 3.24. The summed E-state index contributed by atoms with van der Waals surface area (Å²) in [6.45, 7) is 7.43. The molecular formula is C24H29N3O3S. The number of carbonyl (C=O) groups excluding carboxylic acids is 1. The predicted molar refractivity (Wildman–Crippen MR) is 125 cm³/mol. The van der Waals surface area contributed by atoms with Crippen molar-refractivity contribution in [3.05, 3.63) is 54.1 Å². The Balaban J connectivity index is 1.56. The molecule has 1 aromatic heterocycles. The van der Waals surface area contributed by atoms with Crippen molar-refractivity contribution in [2.45, 2.75) is 19.8 Å². The number of benzene rings is 2. The molecule has 164 valence electrons. The van der Waals surface area contributed by atoms with Gasteiger partial charge in [0.25, 0.3) is 5.91 Å². The summed E-state index contributed by atoms with van der Waals surface area (Å²) in [6, 6.07) is 15.5. The SMILES string of the molecule is CCCCOc1cccc(C(=O)N(CCN2CCOCC2)c2nc3ccccc3s2)c1. The van der Waals surface area contributed by atoms with E-state index in [2.05, 4.69) is 11.8 Å². The van der Waals surface area contributed by atoms with E-state index in [-0.39, 0.29) is 5.91 Å². The molecule has 0 N–H and O–H groups in total. The van der Waals surface area contributed by atoms with Gasteiger partial charge in [-0.1, -0.05) is 42.9 Å². The molecule has 1 aliphatic heterocycles. The number of para-hydroxylation sites is 1. The second kappa shape index (κ2) is 10.7. The number of fused-ring (bicyclic) bond motifs is 1. The lowest BCUT2D eigenvalue weighted by molar-refractivity contribution is 0.0391. The Hall–Kier alpha value is -2.48. The molecule has 0 aliphatic carbocycles. The summed E-state index contributed by atoms with van der Waals surface area (Å²) >= 11 is 1.56. The fourth-order valence-electron chi connectivity index (χ4n) is 3.53. The minimum Gasteiger partial charge on any atom is -0.494 e. The monoisotopic (exact) mass is 439 g/mol. The molecule has 1 saturated heterocycles. The number of rotatable bonds is 9. The third-order valence-electron chi connectivity index (χ3n) is 5.35. The van der Waals surface area contributed by atoms with Crippen molar-refractivity contribution in [2.24, 2.45) is 0 Å². The third-order valence-corrected chi connectivity index (χ3v) is 6.41. The van der Waals surface area contributed by atoms with Crippen LogP contribution in [-0.4, -0.2) is 61.8 Å². The summed E-state index contributed by atoms with van der Waals surface area (Å²) in [5.74, 6) is 0.685. The summed E-state index contributed by atoms with van der Waals surface area (Å²) in [6.07, 6.45) is 2.07. The van der Waals surface area contributed by atoms with Gasteiger partial charge in [0.05, 0.1) is 30.0 Å².